The van der Waals surface area contributed by atoms with Crippen LogP contribution in [0.5, 0.6) is 0 Å². The lowest BCUT2D eigenvalue weighted by molar-refractivity contribution is -0.146. The zero-order valence-electron chi connectivity index (χ0n) is 49.4. The number of nitrogens with zero attached hydrogens (tertiary/aromatic N) is 4. The van der Waals surface area contributed by atoms with E-state index >= 15 is 0 Å². The molecule has 2 heterocycles. The maximum atomic E-state index is 14.3. The van der Waals surface area contributed by atoms with E-state index in [1.54, 1.807) is 57.2 Å². The number of imide groups is 1. The van der Waals surface area contributed by atoms with Gasteiger partial charge in [0.2, 0.25) is 41.4 Å². The Bertz CT molecular complexity index is 2550. The van der Waals surface area contributed by atoms with Crippen LogP contribution in [0.25, 0.3) is 0 Å². The van der Waals surface area contributed by atoms with Crippen molar-refractivity contribution in [1.29, 1.82) is 0 Å². The second-order valence-electron chi connectivity index (χ2n) is 21.7. The van der Waals surface area contributed by atoms with Crippen LogP contribution in [0.1, 0.15) is 111 Å². The van der Waals surface area contributed by atoms with Crippen LogP contribution in [0.3, 0.4) is 0 Å². The fraction of sp³-hybridized carbons (Fsp3) is 0.593. The Morgan fingerprint density at radius 2 is 1.45 bits per heavy atom. The summed E-state index contributed by atoms with van der Waals surface area (Å²) in [4.78, 5) is 136. The Hall–Kier alpha value is -6.72. The third-order valence-corrected chi connectivity index (χ3v) is 15.7. The number of halogens is 1. The van der Waals surface area contributed by atoms with Crippen molar-refractivity contribution < 1.29 is 62.2 Å². The fourth-order valence-corrected chi connectivity index (χ4v) is 10.8. The maximum absolute atomic E-state index is 14.3. The van der Waals surface area contributed by atoms with Gasteiger partial charge in [-0.2, -0.15) is 0 Å². The SMILES string of the molecule is CC[C@@H](C)[C@@H]([C@@H](CC(=O)N1CCC[C@H]1[C@H](OC)[C@@H](C)C(=O)N[C@@H](C)Cc1ccccc1)OC)N(C)C(=O)CNC(=O)C(C(C)C)N(C)C(=O)OCc1ccc(NC(=O)[C@@H](C)NC(=O)CNC(=O)CCCCCN2C(=O)C=C(Br)C2=O)cc1. The molecule has 2 aliphatic rings. The van der Waals surface area contributed by atoms with Crippen molar-refractivity contribution in [2.24, 2.45) is 17.8 Å². The van der Waals surface area contributed by atoms with E-state index in [2.05, 4.69) is 42.5 Å². The first-order valence-electron chi connectivity index (χ1n) is 28.2. The summed E-state index contributed by atoms with van der Waals surface area (Å²) in [6.45, 7) is 12.6. The zero-order chi connectivity index (χ0) is 60.8. The molecule has 2 aliphatic heterocycles. The number of anilines is 1. The van der Waals surface area contributed by atoms with Crippen molar-refractivity contribution in [2.45, 2.75) is 155 Å². The summed E-state index contributed by atoms with van der Waals surface area (Å²) in [5.41, 5.74) is 2.09. The predicted molar refractivity (Wildman–Crippen MR) is 311 cm³/mol. The molecule has 1 unspecified atom stereocenters. The van der Waals surface area contributed by atoms with Gasteiger partial charge in [-0.25, -0.2) is 4.79 Å². The third kappa shape index (κ3) is 20.0. The van der Waals surface area contributed by atoms with E-state index < -0.39 is 72.5 Å². The van der Waals surface area contributed by atoms with Gasteiger partial charge in [-0.15, -0.1) is 0 Å². The Morgan fingerprint density at radius 1 is 0.768 bits per heavy atom. The average molecular weight is 1210 g/mol. The number of hydrogen-bond donors (Lipinski definition) is 5. The van der Waals surface area contributed by atoms with Crippen LogP contribution < -0.4 is 26.6 Å². The van der Waals surface area contributed by atoms with Gasteiger partial charge in [0, 0.05) is 65.6 Å². The number of amides is 10. The lowest BCUT2D eigenvalue weighted by atomic mass is 9.90. The highest BCUT2D eigenvalue weighted by Gasteiger charge is 2.42. The molecule has 9 atom stereocenters. The van der Waals surface area contributed by atoms with E-state index in [1.807, 2.05) is 58.0 Å². The van der Waals surface area contributed by atoms with Gasteiger partial charge in [0.1, 0.15) is 18.7 Å². The van der Waals surface area contributed by atoms with Gasteiger partial charge in [-0.05, 0) is 97.0 Å². The molecule has 23 heteroatoms. The molecule has 2 aromatic rings. The van der Waals surface area contributed by atoms with Gasteiger partial charge in [0.15, 0.2) is 0 Å². The summed E-state index contributed by atoms with van der Waals surface area (Å²) in [7, 11) is 6.12. The number of unbranched alkanes of at least 4 members (excludes halogenated alkanes) is 2. The smallest absolute Gasteiger partial charge is 0.410 e. The molecule has 10 amide bonds. The normalized spacial score (nSPS) is 17.1. The number of ether oxygens (including phenoxy) is 3. The summed E-state index contributed by atoms with van der Waals surface area (Å²) in [5.74, 6) is -4.61. The van der Waals surface area contributed by atoms with Gasteiger partial charge in [0.05, 0.1) is 54.2 Å². The highest BCUT2D eigenvalue weighted by molar-refractivity contribution is 9.12. The first-order chi connectivity index (χ1) is 38.9. The van der Waals surface area contributed by atoms with Gasteiger partial charge >= 0.3 is 6.09 Å². The van der Waals surface area contributed by atoms with E-state index in [0.717, 1.165) is 16.9 Å². The van der Waals surface area contributed by atoms with Crippen molar-refractivity contribution in [2.75, 3.05) is 59.8 Å². The van der Waals surface area contributed by atoms with Crippen LogP contribution >= 0.6 is 15.9 Å². The molecule has 0 saturated carbocycles. The summed E-state index contributed by atoms with van der Waals surface area (Å²) in [5, 5.41) is 13.6. The number of benzene rings is 2. The molecule has 82 heavy (non-hydrogen) atoms. The minimum atomic E-state index is -1.02. The maximum Gasteiger partial charge on any atom is 0.410 e. The molecule has 5 N–H and O–H groups in total. The standard InChI is InChI=1S/C59H86BrN9O13/c1-12-37(4)53(46(80-10)32-50(73)68-29-19-22-45(68)54(81-11)39(6)55(75)63-38(5)30-41-20-15-13-16-21-41)66(8)51(74)34-62-57(77)52(36(2)3)67(9)59(79)82-35-42-24-26-43(27-25-42)65-56(76)40(7)64-48(71)33-61-47(70)23-17-14-18-28-69-49(72)31-44(60)58(69)78/h13,15-16,20-21,24-27,31,36-40,45-46,52-54H,12,14,17-19,22-23,28-30,32-35H2,1-11H3,(H,61,70)(H,62,77)(H,63,75)(H,64,71)(H,65,76)/t37-,38+,39-,40-,45+,46-,52?,53+,54-/m1/s1. The van der Waals surface area contributed by atoms with E-state index in [-0.39, 0.29) is 90.5 Å². The first-order valence-corrected chi connectivity index (χ1v) is 29.0. The van der Waals surface area contributed by atoms with Crippen LogP contribution in [-0.4, -0.2) is 176 Å². The number of hydrogen-bond acceptors (Lipinski definition) is 13. The van der Waals surface area contributed by atoms with E-state index in [9.17, 15) is 47.9 Å². The Labute approximate surface area is 491 Å². The van der Waals surface area contributed by atoms with Crippen molar-refractivity contribution in [3.8, 4) is 0 Å². The summed E-state index contributed by atoms with van der Waals surface area (Å²) < 4.78 is 17.7. The predicted octanol–water partition coefficient (Wildman–Crippen LogP) is 4.83. The Balaban J connectivity index is 1.22. The van der Waals surface area contributed by atoms with E-state index in [1.165, 1.54) is 37.0 Å². The molecular formula is C59H86BrN9O13. The van der Waals surface area contributed by atoms with Crippen molar-refractivity contribution in [3.05, 3.63) is 76.3 Å². The minimum absolute atomic E-state index is 0.0364. The lowest BCUT2D eigenvalue weighted by Gasteiger charge is -2.39. The van der Waals surface area contributed by atoms with Gasteiger partial charge < -0.3 is 50.6 Å². The third-order valence-electron chi connectivity index (χ3n) is 15.1. The monoisotopic (exact) mass is 1210 g/mol. The molecule has 2 aromatic carbocycles. The summed E-state index contributed by atoms with van der Waals surface area (Å²) in [6, 6.07) is 13.4. The van der Waals surface area contributed by atoms with Gasteiger partial charge in [-0.3, -0.25) is 53.0 Å². The molecule has 0 bridgehead atoms. The Kier molecular flexibility index (Phi) is 27.6. The number of carbonyl (C=O) groups is 10. The highest BCUT2D eigenvalue weighted by atomic mass is 79.9. The number of rotatable bonds is 32. The number of likely N-dealkylation sites (tertiary alicyclic amines) is 1. The molecule has 1 saturated heterocycles. The summed E-state index contributed by atoms with van der Waals surface area (Å²) >= 11 is 3.05. The van der Waals surface area contributed by atoms with Crippen LogP contribution in [0.2, 0.25) is 0 Å². The molecular weight excluding hydrogens is 1120 g/mol. The van der Waals surface area contributed by atoms with Gasteiger partial charge in [0.25, 0.3) is 11.8 Å². The van der Waals surface area contributed by atoms with Crippen molar-refractivity contribution >= 4 is 80.9 Å². The topological polar surface area (TPSA) is 272 Å². The van der Waals surface area contributed by atoms with Crippen LogP contribution in [0.4, 0.5) is 10.5 Å². The number of likely N-dealkylation sites (N-methyl/N-ethyl adjacent to an activating group) is 2. The zero-order valence-corrected chi connectivity index (χ0v) is 51.0. The van der Waals surface area contributed by atoms with Crippen molar-refractivity contribution in [3.63, 3.8) is 0 Å². The van der Waals surface area contributed by atoms with Gasteiger partial charge in [-0.1, -0.05) is 89.9 Å². The molecule has 0 aromatic heterocycles. The summed E-state index contributed by atoms with van der Waals surface area (Å²) in [6.07, 6.45) is 3.59. The Morgan fingerprint density at radius 3 is 2.06 bits per heavy atom. The molecule has 0 spiro atoms. The molecule has 0 aliphatic carbocycles. The lowest BCUT2D eigenvalue weighted by Crippen LogP contribution is -2.56. The molecule has 4 rings (SSSR count). The van der Waals surface area contributed by atoms with Crippen LogP contribution in [0.15, 0.2) is 65.2 Å². The largest absolute Gasteiger partial charge is 0.445 e. The van der Waals surface area contributed by atoms with E-state index in [0.29, 0.717) is 56.3 Å². The number of methoxy groups -OCH3 is 2. The fourth-order valence-electron chi connectivity index (χ4n) is 10.4. The van der Waals surface area contributed by atoms with Crippen LogP contribution in [0, 0.1) is 17.8 Å². The molecule has 0 radical (unpaired) electrons. The van der Waals surface area contributed by atoms with Crippen LogP contribution in [-0.2, 0) is 70.4 Å². The number of carbonyl (C=O) groups excluding carboxylic acids is 10. The molecule has 1 fully saturated rings. The van der Waals surface area contributed by atoms with Crippen molar-refractivity contribution in [1.82, 2.24) is 40.9 Å². The second kappa shape index (κ2) is 33.4. The second-order valence-corrected chi connectivity index (χ2v) is 22.5. The quantitative estimate of drug-likeness (QED) is 0.0486. The average Bonchev–Trinajstić information content (AvgIpc) is 4.24. The first kappa shape index (κ1) is 67.8. The molecule has 22 nitrogen and oxygen atoms in total. The highest BCUT2D eigenvalue weighted by Crippen LogP contribution is 2.30. The number of nitrogens with one attached hydrogen (secondary N) is 5. The minimum Gasteiger partial charge on any atom is -0.445 e. The van der Waals surface area contributed by atoms with E-state index in [4.69, 9.17) is 14.2 Å². The molecule has 452 valence electrons.